The summed E-state index contributed by atoms with van der Waals surface area (Å²) in [6.07, 6.45) is 6.50. The third kappa shape index (κ3) is 7.67. The first-order valence-corrected chi connectivity index (χ1v) is 18.6. The molecule has 1 saturated carbocycles. The van der Waals surface area contributed by atoms with Crippen molar-refractivity contribution in [3.63, 3.8) is 0 Å². The summed E-state index contributed by atoms with van der Waals surface area (Å²) in [5.74, 6) is -0.500. The lowest BCUT2D eigenvalue weighted by Crippen LogP contribution is -2.50. The first-order chi connectivity index (χ1) is 24.0. The van der Waals surface area contributed by atoms with Crippen molar-refractivity contribution in [1.82, 2.24) is 9.80 Å². The predicted molar refractivity (Wildman–Crippen MR) is 191 cm³/mol. The lowest BCUT2D eigenvalue weighted by Gasteiger charge is -2.38. The van der Waals surface area contributed by atoms with Gasteiger partial charge in [0.25, 0.3) is 0 Å². The quantitative estimate of drug-likeness (QED) is 0.293. The fourth-order valence-electron chi connectivity index (χ4n) is 9.34. The molecule has 3 saturated heterocycles. The number of ether oxygens (including phenoxy) is 3. The number of hydrogen-bond donors (Lipinski definition) is 1. The number of piperidine rings is 1. The number of carboxylic acid groups (broad SMARTS) is 1. The Balaban J connectivity index is 1.26. The maximum absolute atomic E-state index is 15.2. The fraction of sp³-hybridized carbons (Fsp3) is 0.650. The van der Waals surface area contributed by atoms with E-state index in [0.29, 0.717) is 57.8 Å². The van der Waals surface area contributed by atoms with E-state index in [4.69, 9.17) is 14.2 Å². The van der Waals surface area contributed by atoms with Gasteiger partial charge in [-0.1, -0.05) is 18.2 Å². The topological polar surface area (TPSA) is 91.8 Å². The Morgan fingerprint density at radius 3 is 2.30 bits per heavy atom. The van der Waals surface area contributed by atoms with E-state index in [2.05, 4.69) is 47.6 Å². The van der Waals surface area contributed by atoms with Gasteiger partial charge < -0.3 is 29.1 Å². The average Bonchev–Trinajstić information content (AvgIpc) is 3.70. The summed E-state index contributed by atoms with van der Waals surface area (Å²) in [7, 11) is 3.36. The van der Waals surface area contributed by atoms with Crippen LogP contribution in [-0.2, 0) is 19.1 Å². The zero-order chi connectivity index (χ0) is 35.6. The molecule has 0 unspecified atom stereocenters. The summed E-state index contributed by atoms with van der Waals surface area (Å²) in [5, 5.41) is 9.54. The van der Waals surface area contributed by atoms with Crippen molar-refractivity contribution in [3.8, 4) is 5.75 Å². The van der Waals surface area contributed by atoms with Gasteiger partial charge in [-0.15, -0.1) is 0 Å². The SMILES string of the molecule is COC[C@@H]1C[C@@H](c2ccc(F)cc2N2CCC(C(=O)O)CC2)CN1C(=O)[C@]1(C)CN(C2CCC(OC(C)C)CC2)C[C@H]1c1ccc(OC)cc1. The third-order valence-electron chi connectivity index (χ3n) is 12.0. The molecular formula is C40H56FN3O6. The van der Waals surface area contributed by atoms with E-state index in [9.17, 15) is 14.3 Å². The number of aliphatic carboxylic acids is 1. The number of halogens is 1. The zero-order valence-electron chi connectivity index (χ0n) is 30.5. The number of likely N-dealkylation sites (tertiary alicyclic amines) is 2. The van der Waals surface area contributed by atoms with Gasteiger partial charge in [-0.2, -0.15) is 0 Å². The van der Waals surface area contributed by atoms with Crippen molar-refractivity contribution >= 4 is 17.6 Å². The Kier molecular flexibility index (Phi) is 11.4. The van der Waals surface area contributed by atoms with E-state index in [1.165, 1.54) is 6.07 Å². The van der Waals surface area contributed by atoms with Crippen molar-refractivity contribution in [1.29, 1.82) is 0 Å². The van der Waals surface area contributed by atoms with Crippen molar-refractivity contribution in [2.75, 3.05) is 58.5 Å². The van der Waals surface area contributed by atoms with Gasteiger partial charge >= 0.3 is 5.97 Å². The number of amides is 1. The van der Waals surface area contributed by atoms with Gasteiger partial charge in [0.1, 0.15) is 11.6 Å². The number of anilines is 1. The van der Waals surface area contributed by atoms with Gasteiger partial charge in [0.15, 0.2) is 0 Å². The highest BCUT2D eigenvalue weighted by Gasteiger charge is 2.54. The number of carboxylic acids is 1. The van der Waals surface area contributed by atoms with Crippen LogP contribution in [0, 0.1) is 17.2 Å². The Hall–Kier alpha value is -3.21. The van der Waals surface area contributed by atoms with Crippen LogP contribution in [0.1, 0.15) is 88.7 Å². The normalized spacial score (nSPS) is 29.5. The van der Waals surface area contributed by atoms with Gasteiger partial charge in [0, 0.05) is 63.4 Å². The summed E-state index contributed by atoms with van der Waals surface area (Å²) < 4.78 is 32.1. The smallest absolute Gasteiger partial charge is 0.306 e. The molecular weight excluding hydrogens is 637 g/mol. The highest BCUT2D eigenvalue weighted by molar-refractivity contribution is 5.85. The molecule has 3 aliphatic heterocycles. The first kappa shape index (κ1) is 36.6. The standard InChI is InChI=1S/C40H56FN3O6/c1-26(2)50-34-13-9-31(10-14-34)43-23-36(27-6-11-33(49-5)12-7-27)40(3,25-43)39(47)44-22-29(20-32(44)24-48-4)35-15-8-30(41)21-37(35)42-18-16-28(17-19-42)38(45)46/h6-8,11-12,15,21,26,28-29,31-32,34,36H,9-10,13-14,16-20,22-25H2,1-5H3,(H,45,46)/t29-,31?,32+,34?,36+,40-/m1/s1. The molecule has 1 amide bonds. The van der Waals surface area contributed by atoms with Gasteiger partial charge in [-0.05, 0) is 101 Å². The molecule has 274 valence electrons. The van der Waals surface area contributed by atoms with Crippen LogP contribution in [0.3, 0.4) is 0 Å². The second-order valence-electron chi connectivity index (χ2n) is 15.6. The second kappa shape index (κ2) is 15.6. The third-order valence-corrected chi connectivity index (χ3v) is 12.0. The highest BCUT2D eigenvalue weighted by atomic mass is 19.1. The lowest BCUT2D eigenvalue weighted by atomic mass is 9.74. The summed E-state index contributed by atoms with van der Waals surface area (Å²) in [5.41, 5.74) is 2.31. The van der Waals surface area contributed by atoms with Crippen LogP contribution < -0.4 is 9.64 Å². The molecule has 0 spiro atoms. The van der Waals surface area contributed by atoms with E-state index in [-0.39, 0.29) is 41.6 Å². The van der Waals surface area contributed by atoms with Crippen LogP contribution >= 0.6 is 0 Å². The van der Waals surface area contributed by atoms with Crippen molar-refractivity contribution in [2.24, 2.45) is 11.3 Å². The summed E-state index contributed by atoms with van der Waals surface area (Å²) in [6, 6.07) is 13.5. The molecule has 1 N–H and O–H groups in total. The maximum Gasteiger partial charge on any atom is 0.306 e. The molecule has 9 nitrogen and oxygen atoms in total. The van der Waals surface area contributed by atoms with Crippen LogP contribution in [0.25, 0.3) is 0 Å². The number of rotatable bonds is 11. The molecule has 4 atom stereocenters. The largest absolute Gasteiger partial charge is 0.497 e. The van der Waals surface area contributed by atoms with E-state index in [1.54, 1.807) is 20.3 Å². The van der Waals surface area contributed by atoms with Gasteiger partial charge in [-0.25, -0.2) is 4.39 Å². The van der Waals surface area contributed by atoms with Crippen LogP contribution in [0.5, 0.6) is 5.75 Å². The molecule has 6 rings (SSSR count). The van der Waals surface area contributed by atoms with Crippen LogP contribution in [0.2, 0.25) is 0 Å². The molecule has 10 heteroatoms. The second-order valence-corrected chi connectivity index (χ2v) is 15.6. The Morgan fingerprint density at radius 2 is 1.68 bits per heavy atom. The van der Waals surface area contributed by atoms with E-state index in [1.807, 2.05) is 18.2 Å². The number of carbonyl (C=O) groups excluding carboxylic acids is 1. The average molecular weight is 694 g/mol. The first-order valence-electron chi connectivity index (χ1n) is 18.6. The number of hydrogen-bond acceptors (Lipinski definition) is 7. The Morgan fingerprint density at radius 1 is 0.980 bits per heavy atom. The minimum absolute atomic E-state index is 0.00340. The van der Waals surface area contributed by atoms with Crippen molar-refractivity contribution in [2.45, 2.75) is 102 Å². The number of nitrogens with zero attached hydrogens (tertiary/aromatic N) is 3. The number of benzene rings is 2. The van der Waals surface area contributed by atoms with Crippen molar-refractivity contribution in [3.05, 3.63) is 59.4 Å². The van der Waals surface area contributed by atoms with Gasteiger partial charge in [0.2, 0.25) is 5.91 Å². The summed E-state index contributed by atoms with van der Waals surface area (Å²) >= 11 is 0. The number of methoxy groups -OCH3 is 2. The van der Waals surface area contributed by atoms with Crippen molar-refractivity contribution < 1.29 is 33.3 Å². The van der Waals surface area contributed by atoms with Crippen LogP contribution in [-0.4, -0.2) is 105 Å². The highest BCUT2D eigenvalue weighted by Crippen LogP contribution is 2.49. The molecule has 4 aliphatic rings. The number of carbonyl (C=O) groups is 2. The van der Waals surface area contributed by atoms with Gasteiger partial charge in [-0.3, -0.25) is 14.5 Å². The molecule has 3 heterocycles. The van der Waals surface area contributed by atoms with E-state index in [0.717, 1.165) is 61.2 Å². The predicted octanol–water partition coefficient (Wildman–Crippen LogP) is 6.31. The monoisotopic (exact) mass is 693 g/mol. The summed E-state index contributed by atoms with van der Waals surface area (Å²) in [6.45, 7) is 9.94. The zero-order valence-corrected chi connectivity index (χ0v) is 30.5. The minimum atomic E-state index is -0.767. The molecule has 50 heavy (non-hydrogen) atoms. The summed E-state index contributed by atoms with van der Waals surface area (Å²) in [4.78, 5) is 33.5. The minimum Gasteiger partial charge on any atom is -0.497 e. The lowest BCUT2D eigenvalue weighted by molar-refractivity contribution is -0.143. The molecule has 0 radical (unpaired) electrons. The van der Waals surface area contributed by atoms with E-state index >= 15 is 4.79 Å². The van der Waals surface area contributed by atoms with E-state index < -0.39 is 11.4 Å². The van der Waals surface area contributed by atoms with Crippen LogP contribution in [0.4, 0.5) is 10.1 Å². The fourth-order valence-corrected chi connectivity index (χ4v) is 9.34. The molecule has 0 bridgehead atoms. The Labute approximate surface area is 297 Å². The molecule has 1 aliphatic carbocycles. The van der Waals surface area contributed by atoms with Gasteiger partial charge in [0.05, 0.1) is 43.3 Å². The molecule has 2 aromatic rings. The molecule has 2 aromatic carbocycles. The maximum atomic E-state index is 15.2. The molecule has 0 aromatic heterocycles. The van der Waals surface area contributed by atoms with Crippen LogP contribution in [0.15, 0.2) is 42.5 Å². The molecule has 4 fully saturated rings. The Bertz CT molecular complexity index is 1470.